The number of aromatic nitrogens is 5. The number of aryl methyl sites for hydroxylation is 2. The van der Waals surface area contributed by atoms with E-state index in [0.29, 0.717) is 0 Å². The molecule has 3 aromatic rings. The minimum atomic E-state index is 0.956. The van der Waals surface area contributed by atoms with Gasteiger partial charge in [-0.25, -0.2) is 9.55 Å². The average Bonchev–Trinajstić information content (AvgIpc) is 3.10. The molecule has 1 aliphatic rings. The number of nitrogens with zero attached hydrogens (tertiary/aromatic N) is 6. The van der Waals surface area contributed by atoms with Gasteiger partial charge < -0.3 is 9.47 Å². The summed E-state index contributed by atoms with van der Waals surface area (Å²) >= 11 is 0. The van der Waals surface area contributed by atoms with Crippen molar-refractivity contribution in [2.45, 2.75) is 12.8 Å². The number of fused-ring (bicyclic) bond motifs is 3. The van der Waals surface area contributed by atoms with Crippen molar-refractivity contribution in [1.29, 1.82) is 0 Å². The second kappa shape index (κ2) is 3.69. The molecule has 0 aromatic carbocycles. The lowest BCUT2D eigenvalue weighted by atomic mass is 10.4. The predicted octanol–water partition coefficient (Wildman–Crippen LogP) is 0.646. The largest absolute Gasteiger partial charge is 0.406 e. The smallest absolute Gasteiger partial charge is 0.341 e. The highest BCUT2D eigenvalue weighted by Gasteiger charge is 2.26. The standard InChI is InChI=1S/C13H17N6/c1-16-7-8-19-12-10(14-9-17(12)2)11(15-13(16)19)18-5-3-4-6-18/h7-9H,3-6H2,1-2H3/q+1. The summed E-state index contributed by atoms with van der Waals surface area (Å²) in [7, 11) is 4.06. The summed E-state index contributed by atoms with van der Waals surface area (Å²) in [5.74, 6) is 1.98. The minimum absolute atomic E-state index is 0.956. The van der Waals surface area contributed by atoms with Gasteiger partial charge in [0, 0.05) is 20.1 Å². The van der Waals surface area contributed by atoms with Crippen LogP contribution < -0.4 is 9.47 Å². The van der Waals surface area contributed by atoms with Gasteiger partial charge in [0.05, 0.1) is 19.6 Å². The van der Waals surface area contributed by atoms with Crippen LogP contribution in [0, 0.1) is 0 Å². The molecule has 1 fully saturated rings. The second-order valence-corrected chi connectivity index (χ2v) is 5.24. The van der Waals surface area contributed by atoms with E-state index in [1.165, 1.54) is 12.8 Å². The molecule has 0 unspecified atom stereocenters. The quantitative estimate of drug-likeness (QED) is 0.601. The van der Waals surface area contributed by atoms with E-state index in [1.54, 1.807) is 0 Å². The van der Waals surface area contributed by atoms with Crippen molar-refractivity contribution in [2.24, 2.45) is 14.1 Å². The molecular formula is C13H17N6+. The molecule has 0 N–H and O–H groups in total. The van der Waals surface area contributed by atoms with E-state index in [1.807, 2.05) is 37.4 Å². The molecule has 6 nitrogen and oxygen atoms in total. The van der Waals surface area contributed by atoms with E-state index < -0.39 is 0 Å². The molecular weight excluding hydrogens is 240 g/mol. The third-order valence-electron chi connectivity index (χ3n) is 3.93. The Morgan fingerprint density at radius 1 is 1.26 bits per heavy atom. The van der Waals surface area contributed by atoms with Crippen LogP contribution in [0.25, 0.3) is 16.9 Å². The van der Waals surface area contributed by atoms with E-state index in [0.717, 1.165) is 35.8 Å². The zero-order valence-corrected chi connectivity index (χ0v) is 11.2. The molecule has 6 heteroatoms. The summed E-state index contributed by atoms with van der Waals surface area (Å²) in [6.45, 7) is 2.17. The molecule has 19 heavy (non-hydrogen) atoms. The van der Waals surface area contributed by atoms with Crippen molar-refractivity contribution in [2.75, 3.05) is 18.0 Å². The highest BCUT2D eigenvalue weighted by molar-refractivity contribution is 5.85. The monoisotopic (exact) mass is 257 g/mol. The Morgan fingerprint density at radius 3 is 2.84 bits per heavy atom. The highest BCUT2D eigenvalue weighted by Crippen LogP contribution is 2.26. The minimum Gasteiger partial charge on any atom is -0.341 e. The molecule has 1 aliphatic heterocycles. The van der Waals surface area contributed by atoms with Gasteiger partial charge >= 0.3 is 5.78 Å². The molecule has 0 amide bonds. The summed E-state index contributed by atoms with van der Waals surface area (Å²) in [6, 6.07) is 0. The number of hydrogen-bond donors (Lipinski definition) is 0. The zero-order valence-electron chi connectivity index (χ0n) is 11.2. The van der Waals surface area contributed by atoms with Crippen LogP contribution in [0.1, 0.15) is 12.8 Å². The molecule has 4 rings (SSSR count). The maximum absolute atomic E-state index is 4.83. The lowest BCUT2D eigenvalue weighted by molar-refractivity contribution is -0.646. The topological polar surface area (TPSA) is 42.2 Å². The first-order valence-electron chi connectivity index (χ1n) is 6.68. The van der Waals surface area contributed by atoms with Gasteiger partial charge in [-0.3, -0.25) is 0 Å². The third-order valence-corrected chi connectivity index (χ3v) is 3.93. The van der Waals surface area contributed by atoms with Gasteiger partial charge in [-0.15, -0.1) is 0 Å². The summed E-state index contributed by atoms with van der Waals surface area (Å²) < 4.78 is 6.21. The number of imidazole rings is 2. The number of anilines is 1. The van der Waals surface area contributed by atoms with Crippen molar-refractivity contribution in [3.05, 3.63) is 18.7 Å². The van der Waals surface area contributed by atoms with Crippen LogP contribution in [0.5, 0.6) is 0 Å². The normalized spacial score (nSPS) is 16.0. The first kappa shape index (κ1) is 10.8. The van der Waals surface area contributed by atoms with Crippen LogP contribution in [0.4, 0.5) is 5.82 Å². The van der Waals surface area contributed by atoms with E-state index in [2.05, 4.69) is 18.9 Å². The van der Waals surface area contributed by atoms with Crippen LogP contribution in [0.2, 0.25) is 0 Å². The summed E-state index contributed by atoms with van der Waals surface area (Å²) in [5.41, 5.74) is 2.10. The number of hydrogen-bond acceptors (Lipinski definition) is 3. The second-order valence-electron chi connectivity index (χ2n) is 5.24. The first-order chi connectivity index (χ1) is 9.25. The van der Waals surface area contributed by atoms with Crippen LogP contribution in [-0.4, -0.2) is 32.0 Å². The lowest BCUT2D eigenvalue weighted by Crippen LogP contribution is -2.28. The Hall–Kier alpha value is -2.11. The van der Waals surface area contributed by atoms with Gasteiger partial charge in [-0.05, 0) is 17.8 Å². The average molecular weight is 257 g/mol. The van der Waals surface area contributed by atoms with Gasteiger partial charge in [0.2, 0.25) is 11.5 Å². The van der Waals surface area contributed by atoms with Crippen LogP contribution in [-0.2, 0) is 14.1 Å². The van der Waals surface area contributed by atoms with Crippen molar-refractivity contribution in [3.63, 3.8) is 0 Å². The van der Waals surface area contributed by atoms with Gasteiger partial charge in [0.25, 0.3) is 0 Å². The van der Waals surface area contributed by atoms with Crippen molar-refractivity contribution < 1.29 is 4.57 Å². The van der Waals surface area contributed by atoms with Crippen molar-refractivity contribution >= 4 is 22.8 Å². The fourth-order valence-electron chi connectivity index (χ4n) is 2.93. The molecule has 0 bridgehead atoms. The SMILES string of the molecule is Cn1cnc2c(N3CCCC3)nc3n(cc[n+]3C)c21. The molecule has 0 atom stereocenters. The molecule has 0 spiro atoms. The Bertz CT molecular complexity index is 762. The van der Waals surface area contributed by atoms with Crippen LogP contribution >= 0.6 is 0 Å². The summed E-state index contributed by atoms with van der Waals surface area (Å²) in [4.78, 5) is 11.7. The zero-order chi connectivity index (χ0) is 13.0. The molecule has 1 saturated heterocycles. The van der Waals surface area contributed by atoms with E-state index in [-0.39, 0.29) is 0 Å². The van der Waals surface area contributed by atoms with Gasteiger partial charge in [0.1, 0.15) is 6.20 Å². The van der Waals surface area contributed by atoms with E-state index in [4.69, 9.17) is 4.98 Å². The van der Waals surface area contributed by atoms with E-state index >= 15 is 0 Å². The van der Waals surface area contributed by atoms with Crippen LogP contribution in [0.3, 0.4) is 0 Å². The Labute approximate surface area is 110 Å². The molecule has 0 saturated carbocycles. The highest BCUT2D eigenvalue weighted by atomic mass is 15.3. The van der Waals surface area contributed by atoms with Gasteiger partial charge in [-0.1, -0.05) is 0 Å². The molecule has 0 radical (unpaired) electrons. The molecule has 98 valence electrons. The Kier molecular flexibility index (Phi) is 2.09. The van der Waals surface area contributed by atoms with Crippen molar-refractivity contribution in [1.82, 2.24) is 18.9 Å². The molecule has 4 heterocycles. The van der Waals surface area contributed by atoms with Gasteiger partial charge in [-0.2, -0.15) is 4.40 Å². The molecule has 0 aliphatic carbocycles. The first-order valence-corrected chi connectivity index (χ1v) is 6.68. The summed E-state index contributed by atoms with van der Waals surface area (Å²) in [5, 5.41) is 0. The Morgan fingerprint density at radius 2 is 2.05 bits per heavy atom. The lowest BCUT2D eigenvalue weighted by Gasteiger charge is -2.13. The summed E-state index contributed by atoms with van der Waals surface area (Å²) in [6.07, 6.45) is 8.43. The van der Waals surface area contributed by atoms with Crippen molar-refractivity contribution in [3.8, 4) is 0 Å². The fourth-order valence-corrected chi connectivity index (χ4v) is 2.93. The number of rotatable bonds is 1. The maximum Gasteiger partial charge on any atom is 0.406 e. The maximum atomic E-state index is 4.83. The van der Waals surface area contributed by atoms with Crippen LogP contribution in [0.15, 0.2) is 18.7 Å². The van der Waals surface area contributed by atoms with E-state index in [9.17, 15) is 0 Å². The predicted molar refractivity (Wildman–Crippen MR) is 72.1 cm³/mol. The fraction of sp³-hybridized carbons (Fsp3) is 0.462. The third kappa shape index (κ3) is 1.39. The van der Waals surface area contributed by atoms with Gasteiger partial charge in [0.15, 0.2) is 5.52 Å². The molecule has 3 aromatic heterocycles. The Balaban J connectivity index is 2.11.